The van der Waals surface area contributed by atoms with Gasteiger partial charge in [0.2, 0.25) is 0 Å². The molecule has 0 aliphatic rings. The minimum atomic E-state index is 0.399. The van der Waals surface area contributed by atoms with Crippen LogP contribution >= 0.6 is 11.6 Å². The molecule has 0 spiro atoms. The first kappa shape index (κ1) is 9.98. The van der Waals surface area contributed by atoms with Crippen LogP contribution in [0.4, 0.5) is 5.82 Å². The second-order valence-corrected chi connectivity index (χ2v) is 3.59. The Bertz CT molecular complexity index is 413. The Balaban J connectivity index is 2.08. The molecule has 0 saturated heterocycles. The van der Waals surface area contributed by atoms with E-state index in [-0.39, 0.29) is 0 Å². The van der Waals surface area contributed by atoms with Crippen molar-refractivity contribution >= 4 is 17.4 Å². The van der Waals surface area contributed by atoms with Gasteiger partial charge in [0.15, 0.2) is 11.0 Å². The number of furan rings is 1. The maximum atomic E-state index is 5.65. The summed E-state index contributed by atoms with van der Waals surface area (Å²) in [5.41, 5.74) is 1.09. The Labute approximate surface area is 92.5 Å². The van der Waals surface area contributed by atoms with Gasteiger partial charge in [-0.2, -0.15) is 0 Å². The molecule has 5 heteroatoms. The number of hydrogen-bond acceptors (Lipinski definition) is 4. The van der Waals surface area contributed by atoms with Crippen molar-refractivity contribution in [2.45, 2.75) is 6.54 Å². The van der Waals surface area contributed by atoms with Crippen molar-refractivity contribution in [1.29, 1.82) is 0 Å². The largest absolute Gasteiger partial charge is 0.472 e. The maximum Gasteiger partial charge on any atom is 0.151 e. The first-order valence-electron chi connectivity index (χ1n) is 4.47. The van der Waals surface area contributed by atoms with Gasteiger partial charge in [-0.05, 0) is 18.2 Å². The van der Waals surface area contributed by atoms with Crippen LogP contribution in [0.2, 0.25) is 5.15 Å². The van der Waals surface area contributed by atoms with Crippen LogP contribution in [0.15, 0.2) is 35.1 Å². The fourth-order valence-electron chi connectivity index (χ4n) is 1.25. The monoisotopic (exact) mass is 223 g/mol. The summed E-state index contributed by atoms with van der Waals surface area (Å²) in [6.45, 7) is 0.729. The molecule has 15 heavy (non-hydrogen) atoms. The fourth-order valence-corrected chi connectivity index (χ4v) is 1.35. The third-order valence-electron chi connectivity index (χ3n) is 2.01. The molecule has 0 amide bonds. The lowest BCUT2D eigenvalue weighted by Gasteiger charge is -2.15. The third-order valence-corrected chi connectivity index (χ3v) is 2.21. The molecule has 0 N–H and O–H groups in total. The predicted octanol–water partition coefficient (Wildman–Crippen LogP) is 2.36. The maximum absolute atomic E-state index is 5.65. The summed E-state index contributed by atoms with van der Waals surface area (Å²) >= 11 is 5.65. The number of aromatic nitrogens is 2. The molecule has 4 nitrogen and oxygen atoms in total. The minimum Gasteiger partial charge on any atom is -0.472 e. The smallest absolute Gasteiger partial charge is 0.151 e. The van der Waals surface area contributed by atoms with Crippen molar-refractivity contribution in [3.8, 4) is 0 Å². The van der Waals surface area contributed by atoms with Crippen molar-refractivity contribution in [1.82, 2.24) is 10.2 Å². The molecule has 0 atom stereocenters. The fraction of sp³-hybridized carbons (Fsp3) is 0.200. The summed E-state index contributed by atoms with van der Waals surface area (Å²) < 4.78 is 4.99. The zero-order chi connectivity index (χ0) is 10.7. The van der Waals surface area contributed by atoms with Gasteiger partial charge in [-0.3, -0.25) is 0 Å². The highest BCUT2D eigenvalue weighted by atomic mass is 35.5. The SMILES string of the molecule is CN(Cc1ccoc1)c1ccc(Cl)nn1. The summed E-state index contributed by atoms with van der Waals surface area (Å²) in [5, 5.41) is 8.15. The van der Waals surface area contributed by atoms with Gasteiger partial charge < -0.3 is 9.32 Å². The van der Waals surface area contributed by atoms with E-state index in [0.29, 0.717) is 5.15 Å². The number of hydrogen-bond donors (Lipinski definition) is 0. The normalized spacial score (nSPS) is 10.3. The molecule has 2 heterocycles. The van der Waals surface area contributed by atoms with E-state index in [1.807, 2.05) is 24.1 Å². The van der Waals surface area contributed by atoms with Gasteiger partial charge in [-0.15, -0.1) is 10.2 Å². The lowest BCUT2D eigenvalue weighted by molar-refractivity contribution is 0.563. The van der Waals surface area contributed by atoms with Crippen LogP contribution in [0.1, 0.15) is 5.56 Å². The van der Waals surface area contributed by atoms with E-state index < -0.39 is 0 Å². The topological polar surface area (TPSA) is 42.2 Å². The van der Waals surface area contributed by atoms with Crippen LogP contribution in [0.25, 0.3) is 0 Å². The Hall–Kier alpha value is -1.55. The molecule has 78 valence electrons. The van der Waals surface area contributed by atoms with Gasteiger partial charge >= 0.3 is 0 Å². The van der Waals surface area contributed by atoms with Gasteiger partial charge in [0.1, 0.15) is 0 Å². The standard InChI is InChI=1S/C10H10ClN3O/c1-14(6-8-4-5-15-7-8)10-3-2-9(11)12-13-10/h2-5,7H,6H2,1H3. The molecule has 0 fully saturated rings. The van der Waals surface area contributed by atoms with Crippen molar-refractivity contribution in [3.63, 3.8) is 0 Å². The Kier molecular flexibility index (Phi) is 2.87. The van der Waals surface area contributed by atoms with Crippen molar-refractivity contribution < 1.29 is 4.42 Å². The summed E-state index contributed by atoms with van der Waals surface area (Å²) in [6.07, 6.45) is 3.36. The van der Waals surface area contributed by atoms with E-state index in [1.165, 1.54) is 0 Å². The Morgan fingerprint density at radius 2 is 2.20 bits per heavy atom. The number of rotatable bonds is 3. The van der Waals surface area contributed by atoms with Crippen LogP contribution in [0.5, 0.6) is 0 Å². The van der Waals surface area contributed by atoms with Crippen LogP contribution < -0.4 is 4.90 Å². The molecule has 0 saturated carbocycles. The first-order chi connectivity index (χ1) is 7.25. The van der Waals surface area contributed by atoms with E-state index in [1.54, 1.807) is 18.6 Å². The second-order valence-electron chi connectivity index (χ2n) is 3.20. The lowest BCUT2D eigenvalue weighted by atomic mass is 10.3. The van der Waals surface area contributed by atoms with Crippen molar-refractivity contribution in [3.05, 3.63) is 41.4 Å². The molecular formula is C10H10ClN3O. The predicted molar refractivity (Wildman–Crippen MR) is 57.9 cm³/mol. The highest BCUT2D eigenvalue weighted by Gasteiger charge is 2.04. The van der Waals surface area contributed by atoms with E-state index in [9.17, 15) is 0 Å². The summed E-state index contributed by atoms with van der Waals surface area (Å²) in [5.74, 6) is 0.778. The lowest BCUT2D eigenvalue weighted by Crippen LogP contribution is -2.17. The van der Waals surface area contributed by atoms with Crippen LogP contribution in [-0.2, 0) is 6.54 Å². The number of nitrogens with zero attached hydrogens (tertiary/aromatic N) is 3. The molecule has 0 aliphatic heterocycles. The zero-order valence-corrected chi connectivity index (χ0v) is 8.98. The highest BCUT2D eigenvalue weighted by molar-refractivity contribution is 6.29. The van der Waals surface area contributed by atoms with E-state index in [4.69, 9.17) is 16.0 Å². The van der Waals surface area contributed by atoms with E-state index in [0.717, 1.165) is 17.9 Å². The van der Waals surface area contributed by atoms with E-state index in [2.05, 4.69) is 10.2 Å². The van der Waals surface area contributed by atoms with Crippen molar-refractivity contribution in [2.24, 2.45) is 0 Å². The van der Waals surface area contributed by atoms with Gasteiger partial charge in [0, 0.05) is 19.2 Å². The Morgan fingerprint density at radius 1 is 1.33 bits per heavy atom. The zero-order valence-electron chi connectivity index (χ0n) is 8.22. The van der Waals surface area contributed by atoms with Crippen LogP contribution in [-0.4, -0.2) is 17.2 Å². The van der Waals surface area contributed by atoms with Crippen molar-refractivity contribution in [2.75, 3.05) is 11.9 Å². The van der Waals surface area contributed by atoms with Gasteiger partial charge in [-0.25, -0.2) is 0 Å². The average molecular weight is 224 g/mol. The van der Waals surface area contributed by atoms with Gasteiger partial charge in [0.25, 0.3) is 0 Å². The van der Waals surface area contributed by atoms with Crippen LogP contribution in [0, 0.1) is 0 Å². The molecule has 0 aliphatic carbocycles. The van der Waals surface area contributed by atoms with Gasteiger partial charge in [0.05, 0.1) is 12.5 Å². The average Bonchev–Trinajstić information content (AvgIpc) is 2.71. The Morgan fingerprint density at radius 3 is 2.80 bits per heavy atom. The molecule has 0 aromatic carbocycles. The number of anilines is 1. The van der Waals surface area contributed by atoms with Crippen LogP contribution in [0.3, 0.4) is 0 Å². The highest BCUT2D eigenvalue weighted by Crippen LogP contribution is 2.13. The molecule has 0 bridgehead atoms. The third kappa shape index (κ3) is 2.47. The first-order valence-corrected chi connectivity index (χ1v) is 4.85. The summed E-state index contributed by atoms with van der Waals surface area (Å²) in [6, 6.07) is 5.46. The molecule has 0 unspecified atom stereocenters. The molecule has 0 radical (unpaired) electrons. The molecule has 2 aromatic rings. The minimum absolute atomic E-state index is 0.399. The van der Waals surface area contributed by atoms with Gasteiger partial charge in [-0.1, -0.05) is 11.6 Å². The number of halogens is 1. The second kappa shape index (κ2) is 4.31. The quantitative estimate of drug-likeness (QED) is 0.801. The van der Waals surface area contributed by atoms with E-state index >= 15 is 0 Å². The molecule has 2 rings (SSSR count). The summed E-state index contributed by atoms with van der Waals surface area (Å²) in [4.78, 5) is 1.97. The molecular weight excluding hydrogens is 214 g/mol. The molecule has 2 aromatic heterocycles. The summed E-state index contributed by atoms with van der Waals surface area (Å²) in [7, 11) is 1.94.